The Labute approximate surface area is 145 Å². The summed E-state index contributed by atoms with van der Waals surface area (Å²) < 4.78 is 27.4. The summed E-state index contributed by atoms with van der Waals surface area (Å²) in [6.45, 7) is 0.700. The fraction of sp³-hybridized carbons (Fsp3) is 0.222. The van der Waals surface area contributed by atoms with Gasteiger partial charge >= 0.3 is 0 Å². The van der Waals surface area contributed by atoms with Crippen molar-refractivity contribution in [1.29, 1.82) is 0 Å². The van der Waals surface area contributed by atoms with Gasteiger partial charge in [-0.25, -0.2) is 8.42 Å². The molecule has 0 unspecified atom stereocenters. The summed E-state index contributed by atoms with van der Waals surface area (Å²) in [6.07, 6.45) is 0.653. The van der Waals surface area contributed by atoms with E-state index in [1.165, 1.54) is 29.6 Å². The van der Waals surface area contributed by atoms with Crippen LogP contribution in [0.15, 0.2) is 47.4 Å². The summed E-state index contributed by atoms with van der Waals surface area (Å²) in [5.41, 5.74) is 2.54. The molecule has 7 heteroatoms. The topological polar surface area (TPSA) is 74.8 Å². The van der Waals surface area contributed by atoms with Gasteiger partial charge in [0.25, 0.3) is 11.8 Å². The fourth-order valence-electron chi connectivity index (χ4n) is 3.32. The minimum absolute atomic E-state index is 0.0436. The van der Waals surface area contributed by atoms with Gasteiger partial charge in [0.2, 0.25) is 10.0 Å². The van der Waals surface area contributed by atoms with Gasteiger partial charge in [0.15, 0.2) is 0 Å². The molecule has 0 aromatic heterocycles. The van der Waals surface area contributed by atoms with E-state index < -0.39 is 21.8 Å². The lowest BCUT2D eigenvalue weighted by Gasteiger charge is -2.28. The highest BCUT2D eigenvalue weighted by Crippen LogP contribution is 2.28. The van der Waals surface area contributed by atoms with E-state index in [1.54, 1.807) is 0 Å². The van der Waals surface area contributed by atoms with Gasteiger partial charge in [0, 0.05) is 20.1 Å². The number of nitrogens with zero attached hydrogens (tertiary/aromatic N) is 2. The minimum atomic E-state index is -3.73. The molecule has 25 heavy (non-hydrogen) atoms. The summed E-state index contributed by atoms with van der Waals surface area (Å²) in [5, 5.41) is 0. The quantitative estimate of drug-likeness (QED) is 0.767. The third-order valence-electron chi connectivity index (χ3n) is 4.79. The zero-order chi connectivity index (χ0) is 17.8. The molecule has 0 bridgehead atoms. The first-order chi connectivity index (χ1) is 11.9. The Kier molecular flexibility index (Phi) is 3.52. The predicted octanol–water partition coefficient (Wildman–Crippen LogP) is 1.66. The van der Waals surface area contributed by atoms with Crippen molar-refractivity contribution in [3.05, 3.63) is 64.7 Å². The van der Waals surface area contributed by atoms with Crippen LogP contribution in [0.3, 0.4) is 0 Å². The summed E-state index contributed by atoms with van der Waals surface area (Å²) in [4.78, 5) is 25.1. The van der Waals surface area contributed by atoms with Crippen LogP contribution in [-0.4, -0.2) is 43.0 Å². The van der Waals surface area contributed by atoms with Crippen LogP contribution >= 0.6 is 0 Å². The summed E-state index contributed by atoms with van der Waals surface area (Å²) in [5.74, 6) is -0.878. The van der Waals surface area contributed by atoms with Crippen LogP contribution in [0.5, 0.6) is 0 Å². The second-order valence-electron chi connectivity index (χ2n) is 6.23. The lowest BCUT2D eigenvalue weighted by Crippen LogP contribution is -2.36. The predicted molar refractivity (Wildman–Crippen MR) is 90.6 cm³/mol. The number of fused-ring (bicyclic) bond motifs is 2. The van der Waals surface area contributed by atoms with E-state index in [0.717, 1.165) is 16.0 Å². The van der Waals surface area contributed by atoms with Gasteiger partial charge in [-0.3, -0.25) is 14.5 Å². The van der Waals surface area contributed by atoms with Crippen LogP contribution in [0.1, 0.15) is 31.8 Å². The third kappa shape index (κ3) is 2.39. The Bertz CT molecular complexity index is 1010. The van der Waals surface area contributed by atoms with E-state index >= 15 is 0 Å². The maximum Gasteiger partial charge on any atom is 0.261 e. The van der Waals surface area contributed by atoms with Gasteiger partial charge in [0.05, 0.1) is 16.0 Å². The highest BCUT2D eigenvalue weighted by Gasteiger charge is 2.35. The molecule has 0 atom stereocenters. The Morgan fingerprint density at radius 3 is 2.36 bits per heavy atom. The number of rotatable bonds is 2. The smallest absolute Gasteiger partial charge is 0.261 e. The van der Waals surface area contributed by atoms with Gasteiger partial charge in [-0.1, -0.05) is 24.3 Å². The van der Waals surface area contributed by atoms with Crippen molar-refractivity contribution in [2.75, 3.05) is 13.6 Å². The second kappa shape index (κ2) is 5.50. The fourth-order valence-corrected chi connectivity index (χ4v) is 4.77. The normalized spacial score (nSPS) is 17.6. The van der Waals surface area contributed by atoms with Gasteiger partial charge < -0.3 is 0 Å². The highest BCUT2D eigenvalue weighted by molar-refractivity contribution is 7.89. The van der Waals surface area contributed by atoms with E-state index in [1.807, 2.05) is 24.3 Å². The van der Waals surface area contributed by atoms with Gasteiger partial charge in [-0.2, -0.15) is 4.31 Å². The molecule has 0 fully saturated rings. The van der Waals surface area contributed by atoms with E-state index in [4.69, 9.17) is 0 Å². The molecule has 2 aliphatic rings. The van der Waals surface area contributed by atoms with Crippen LogP contribution in [0, 0.1) is 0 Å². The number of hydrogen-bond donors (Lipinski definition) is 0. The molecule has 2 aromatic rings. The first kappa shape index (κ1) is 16.0. The molecule has 4 rings (SSSR count). The van der Waals surface area contributed by atoms with Crippen molar-refractivity contribution < 1.29 is 18.0 Å². The second-order valence-corrected chi connectivity index (χ2v) is 8.17. The van der Waals surface area contributed by atoms with Crippen molar-refractivity contribution in [3.63, 3.8) is 0 Å². The Hall–Kier alpha value is -2.51. The first-order valence-electron chi connectivity index (χ1n) is 7.93. The maximum atomic E-state index is 13.0. The molecular formula is C18H16N2O4S. The summed E-state index contributed by atoms with van der Waals surface area (Å²) in [6, 6.07) is 11.9. The van der Waals surface area contributed by atoms with Crippen molar-refractivity contribution in [2.45, 2.75) is 17.9 Å². The van der Waals surface area contributed by atoms with Crippen molar-refractivity contribution in [2.24, 2.45) is 0 Å². The van der Waals surface area contributed by atoms with Crippen LogP contribution < -0.4 is 0 Å². The molecule has 0 radical (unpaired) electrons. The molecule has 0 saturated heterocycles. The standard InChI is InChI=1S/C18H16N2O4S/c1-19-17(21)15-7-6-14(10-16(15)18(19)22)25(23,24)20-9-8-12-4-2-3-5-13(12)11-20/h2-7,10H,8-9,11H2,1H3. The van der Waals surface area contributed by atoms with Crippen LogP contribution in [0.25, 0.3) is 0 Å². The number of carbonyl (C=O) groups excluding carboxylic acids is 2. The van der Waals surface area contributed by atoms with Gasteiger partial charge in [0.1, 0.15) is 0 Å². The molecule has 2 aliphatic heterocycles. The lowest BCUT2D eigenvalue weighted by atomic mass is 10.0. The molecular weight excluding hydrogens is 340 g/mol. The molecule has 0 aliphatic carbocycles. The van der Waals surface area contributed by atoms with E-state index in [2.05, 4.69) is 0 Å². The van der Waals surface area contributed by atoms with Gasteiger partial charge in [-0.05, 0) is 35.7 Å². The van der Waals surface area contributed by atoms with Crippen molar-refractivity contribution in [1.82, 2.24) is 9.21 Å². The minimum Gasteiger partial charge on any atom is -0.277 e. The molecule has 0 saturated carbocycles. The maximum absolute atomic E-state index is 13.0. The zero-order valence-electron chi connectivity index (χ0n) is 13.6. The average molecular weight is 356 g/mol. The molecule has 0 N–H and O–H groups in total. The Morgan fingerprint density at radius 1 is 0.920 bits per heavy atom. The molecule has 2 amide bonds. The van der Waals surface area contributed by atoms with Crippen LogP contribution in [0.4, 0.5) is 0 Å². The van der Waals surface area contributed by atoms with Crippen LogP contribution in [0.2, 0.25) is 0 Å². The molecule has 0 spiro atoms. The van der Waals surface area contributed by atoms with Crippen LogP contribution in [-0.2, 0) is 23.0 Å². The monoisotopic (exact) mass is 356 g/mol. The highest BCUT2D eigenvalue weighted by atomic mass is 32.2. The number of hydrogen-bond acceptors (Lipinski definition) is 4. The number of imide groups is 1. The molecule has 2 heterocycles. The SMILES string of the molecule is CN1C(=O)c2ccc(S(=O)(=O)N3CCc4ccccc4C3)cc2C1=O. The van der Waals surface area contributed by atoms with Crippen molar-refractivity contribution >= 4 is 21.8 Å². The average Bonchev–Trinajstić information content (AvgIpc) is 2.85. The summed E-state index contributed by atoms with van der Waals surface area (Å²) >= 11 is 0. The Balaban J connectivity index is 1.71. The van der Waals surface area contributed by atoms with Gasteiger partial charge in [-0.15, -0.1) is 0 Å². The van der Waals surface area contributed by atoms with E-state index in [9.17, 15) is 18.0 Å². The number of benzene rings is 2. The van der Waals surface area contributed by atoms with E-state index in [-0.39, 0.29) is 16.0 Å². The summed E-state index contributed by atoms with van der Waals surface area (Å²) in [7, 11) is -2.34. The lowest BCUT2D eigenvalue weighted by molar-refractivity contribution is 0.0693. The largest absolute Gasteiger partial charge is 0.277 e. The molecule has 6 nitrogen and oxygen atoms in total. The number of amides is 2. The number of sulfonamides is 1. The van der Waals surface area contributed by atoms with Crippen molar-refractivity contribution in [3.8, 4) is 0 Å². The Morgan fingerprint density at radius 2 is 1.60 bits per heavy atom. The first-order valence-corrected chi connectivity index (χ1v) is 9.37. The molecule has 2 aromatic carbocycles. The number of carbonyl (C=O) groups is 2. The third-order valence-corrected chi connectivity index (χ3v) is 6.64. The zero-order valence-corrected chi connectivity index (χ0v) is 14.4. The molecule has 128 valence electrons. The van der Waals surface area contributed by atoms with E-state index in [0.29, 0.717) is 19.5 Å².